The van der Waals surface area contributed by atoms with Crippen LogP contribution in [0, 0.1) is 4.91 Å². The van der Waals surface area contributed by atoms with Gasteiger partial charge < -0.3 is 16.0 Å². The summed E-state index contributed by atoms with van der Waals surface area (Å²) >= 11 is 0. The zero-order valence-corrected chi connectivity index (χ0v) is 12.4. The molecule has 2 atom stereocenters. The molecule has 0 spiro atoms. The highest BCUT2D eigenvalue weighted by molar-refractivity contribution is 5.89. The molecule has 24 heavy (non-hydrogen) atoms. The molecular weight excluding hydrogens is 310 g/mol. The highest BCUT2D eigenvalue weighted by Gasteiger charge is 2.71. The number of hydrogen-bond acceptors (Lipinski definition) is 4. The maximum atomic E-state index is 12.4. The molecule has 2 unspecified atom stereocenters. The second-order valence-electron chi connectivity index (χ2n) is 5.60. The van der Waals surface area contributed by atoms with Crippen molar-refractivity contribution in [2.75, 3.05) is 0 Å². The van der Waals surface area contributed by atoms with E-state index in [1.54, 1.807) is 54.6 Å². The van der Waals surface area contributed by atoms with Gasteiger partial charge in [-0.25, -0.2) is 9.59 Å². The monoisotopic (exact) mass is 323 g/mol. The Bertz CT molecular complexity index is 828. The first-order valence-electron chi connectivity index (χ1n) is 7.31. The summed E-state index contributed by atoms with van der Waals surface area (Å²) in [6.45, 7) is 0. The third-order valence-electron chi connectivity index (χ3n) is 4.42. The minimum atomic E-state index is -1.51. The van der Waals surface area contributed by atoms with Gasteiger partial charge in [0.1, 0.15) is 0 Å². The number of nitroso groups, excluding NO2 is 1. The maximum Gasteiger partial charge on any atom is 0.345 e. The van der Waals surface area contributed by atoms with Crippen molar-refractivity contribution >= 4 is 12.1 Å². The number of benzene rings is 2. The number of rotatable bonds is 3. The smallest absolute Gasteiger partial charge is 0.307 e. The zero-order valence-electron chi connectivity index (χ0n) is 12.4. The van der Waals surface area contributed by atoms with Crippen LogP contribution < -0.4 is 16.0 Å². The fraction of sp³-hybridized carbons (Fsp3) is 0.125. The Morgan fingerprint density at radius 1 is 0.792 bits per heavy atom. The Hall–Kier alpha value is -3.42. The summed E-state index contributed by atoms with van der Waals surface area (Å²) in [5.74, 6) is 0. The van der Waals surface area contributed by atoms with Crippen molar-refractivity contribution in [2.24, 2.45) is 5.29 Å². The first kappa shape index (κ1) is 14.2. The van der Waals surface area contributed by atoms with Crippen molar-refractivity contribution in [3.63, 3.8) is 0 Å². The summed E-state index contributed by atoms with van der Waals surface area (Å²) in [4.78, 5) is 36.1. The standard InChI is InChI=1S/C16H13N5O3/c22-13-17-15(11-7-3-1-4-8-11)16(18-13,12-9-5-2-6-10-12)21(20-24)14(23)19-15/h1-10H,(H,19,23)(H2,17,18,22). The third kappa shape index (κ3) is 1.56. The molecular formula is C16H13N5O3. The van der Waals surface area contributed by atoms with Crippen LogP contribution in [0.25, 0.3) is 0 Å². The largest absolute Gasteiger partial charge is 0.345 e. The van der Waals surface area contributed by atoms with Crippen LogP contribution in [0.4, 0.5) is 9.59 Å². The molecule has 0 saturated carbocycles. The van der Waals surface area contributed by atoms with Crippen LogP contribution in [0.15, 0.2) is 65.9 Å². The number of nitrogens with zero attached hydrogens (tertiary/aromatic N) is 2. The van der Waals surface area contributed by atoms with Gasteiger partial charge in [0.2, 0.25) is 5.66 Å². The lowest BCUT2D eigenvalue weighted by molar-refractivity contribution is 0.0835. The van der Waals surface area contributed by atoms with Gasteiger partial charge in [0, 0.05) is 11.1 Å². The molecule has 0 radical (unpaired) electrons. The quantitative estimate of drug-likeness (QED) is 0.749. The highest BCUT2D eigenvalue weighted by Crippen LogP contribution is 2.48. The first-order chi connectivity index (χ1) is 11.6. The Balaban J connectivity index is 2.04. The minimum absolute atomic E-state index is 0.517. The van der Waals surface area contributed by atoms with Crippen molar-refractivity contribution in [2.45, 2.75) is 11.3 Å². The number of fused-ring (bicyclic) bond motifs is 1. The molecule has 0 bridgehead atoms. The number of carbonyl (C=O) groups is 2. The van der Waals surface area contributed by atoms with Gasteiger partial charge in [0.05, 0.1) is 5.29 Å². The Kier molecular flexibility index (Phi) is 2.83. The van der Waals surface area contributed by atoms with E-state index >= 15 is 0 Å². The minimum Gasteiger partial charge on any atom is -0.307 e. The summed E-state index contributed by atoms with van der Waals surface area (Å²) in [5, 5.41) is 11.8. The van der Waals surface area contributed by atoms with E-state index in [4.69, 9.17) is 0 Å². The molecule has 8 nitrogen and oxygen atoms in total. The molecule has 2 aliphatic rings. The Labute approximate surface area is 136 Å². The normalized spacial score (nSPS) is 27.9. The predicted molar refractivity (Wildman–Crippen MR) is 84.1 cm³/mol. The van der Waals surface area contributed by atoms with E-state index in [2.05, 4.69) is 21.2 Å². The molecule has 2 aliphatic heterocycles. The van der Waals surface area contributed by atoms with Crippen molar-refractivity contribution in [1.82, 2.24) is 21.0 Å². The average Bonchev–Trinajstić information content (AvgIpc) is 3.03. The maximum absolute atomic E-state index is 12.4. The van der Waals surface area contributed by atoms with Gasteiger partial charge in [-0.1, -0.05) is 60.7 Å². The summed E-state index contributed by atoms with van der Waals surface area (Å²) < 4.78 is 0. The van der Waals surface area contributed by atoms with Gasteiger partial charge in [-0.15, -0.1) is 9.92 Å². The second-order valence-corrected chi connectivity index (χ2v) is 5.60. The molecule has 2 saturated heterocycles. The van der Waals surface area contributed by atoms with Gasteiger partial charge in [-0.05, 0) is 0 Å². The fourth-order valence-electron chi connectivity index (χ4n) is 3.48. The fourth-order valence-corrected chi connectivity index (χ4v) is 3.48. The van der Waals surface area contributed by atoms with Crippen LogP contribution in [0.5, 0.6) is 0 Å². The molecule has 8 heteroatoms. The van der Waals surface area contributed by atoms with Gasteiger partial charge in [0.15, 0.2) is 5.66 Å². The number of hydrogen-bond donors (Lipinski definition) is 3. The lowest BCUT2D eigenvalue weighted by Crippen LogP contribution is -2.60. The molecule has 0 aliphatic carbocycles. The van der Waals surface area contributed by atoms with Crippen molar-refractivity contribution in [1.29, 1.82) is 0 Å². The second kappa shape index (κ2) is 4.79. The van der Waals surface area contributed by atoms with Crippen LogP contribution in [0.3, 0.4) is 0 Å². The van der Waals surface area contributed by atoms with Crippen LogP contribution in [-0.2, 0) is 11.3 Å². The topological polar surface area (TPSA) is 103 Å². The molecule has 2 aromatic rings. The average molecular weight is 323 g/mol. The summed E-state index contributed by atoms with van der Waals surface area (Å²) in [5.41, 5.74) is -1.71. The van der Waals surface area contributed by atoms with E-state index < -0.39 is 23.4 Å². The van der Waals surface area contributed by atoms with Crippen LogP contribution in [-0.4, -0.2) is 17.1 Å². The lowest BCUT2D eigenvalue weighted by atomic mass is 9.83. The molecule has 4 amide bonds. The molecule has 0 aromatic heterocycles. The van der Waals surface area contributed by atoms with Crippen LogP contribution in [0.1, 0.15) is 11.1 Å². The Morgan fingerprint density at radius 2 is 1.38 bits per heavy atom. The molecule has 4 rings (SSSR count). The lowest BCUT2D eigenvalue weighted by Gasteiger charge is -2.38. The van der Waals surface area contributed by atoms with E-state index in [0.29, 0.717) is 11.1 Å². The molecule has 2 heterocycles. The number of urea groups is 2. The number of amides is 4. The summed E-state index contributed by atoms with van der Waals surface area (Å²) in [6, 6.07) is 16.5. The molecule has 3 N–H and O–H groups in total. The number of nitrogens with one attached hydrogen (secondary N) is 3. The van der Waals surface area contributed by atoms with Gasteiger partial charge in [0.25, 0.3) is 0 Å². The van der Waals surface area contributed by atoms with E-state index in [-0.39, 0.29) is 0 Å². The predicted octanol–water partition coefficient (Wildman–Crippen LogP) is 1.71. The van der Waals surface area contributed by atoms with Crippen molar-refractivity contribution in [3.8, 4) is 0 Å². The van der Waals surface area contributed by atoms with Gasteiger partial charge in [-0.3, -0.25) is 0 Å². The van der Waals surface area contributed by atoms with Gasteiger partial charge in [-0.2, -0.15) is 0 Å². The van der Waals surface area contributed by atoms with E-state index in [1.807, 2.05) is 6.07 Å². The zero-order chi connectivity index (χ0) is 16.8. The highest BCUT2D eigenvalue weighted by atomic mass is 16.3. The third-order valence-corrected chi connectivity index (χ3v) is 4.42. The Morgan fingerprint density at radius 3 is 1.96 bits per heavy atom. The van der Waals surface area contributed by atoms with Gasteiger partial charge >= 0.3 is 12.1 Å². The van der Waals surface area contributed by atoms with E-state index in [0.717, 1.165) is 5.01 Å². The van der Waals surface area contributed by atoms with Crippen LogP contribution in [0.2, 0.25) is 0 Å². The van der Waals surface area contributed by atoms with Crippen molar-refractivity contribution < 1.29 is 9.59 Å². The number of carbonyl (C=O) groups excluding carboxylic acids is 2. The summed E-state index contributed by atoms with van der Waals surface area (Å²) in [6.07, 6.45) is 0. The SMILES string of the molecule is O=NN1C(=O)NC2(c3ccccc3)NC(=O)NC12c1ccccc1. The molecule has 2 fully saturated rings. The van der Waals surface area contributed by atoms with E-state index in [9.17, 15) is 14.5 Å². The summed E-state index contributed by atoms with van der Waals surface area (Å²) in [7, 11) is 0. The molecule has 2 aromatic carbocycles. The van der Waals surface area contributed by atoms with E-state index in [1.165, 1.54) is 0 Å². The van der Waals surface area contributed by atoms with Crippen LogP contribution >= 0.6 is 0 Å². The molecule has 120 valence electrons. The van der Waals surface area contributed by atoms with Crippen molar-refractivity contribution in [3.05, 3.63) is 76.7 Å². The first-order valence-corrected chi connectivity index (χ1v) is 7.31.